The van der Waals surface area contributed by atoms with Crippen molar-refractivity contribution in [3.8, 4) is 0 Å². The van der Waals surface area contributed by atoms with Crippen molar-refractivity contribution >= 4 is 11.3 Å². The molecule has 1 aromatic heterocycles. The van der Waals surface area contributed by atoms with Crippen LogP contribution in [0.15, 0.2) is 5.51 Å². The van der Waals surface area contributed by atoms with Gasteiger partial charge in [0.2, 0.25) is 0 Å². The van der Waals surface area contributed by atoms with Crippen LogP contribution in [0.1, 0.15) is 36.9 Å². The van der Waals surface area contributed by atoms with E-state index in [4.69, 9.17) is 0 Å². The van der Waals surface area contributed by atoms with E-state index in [9.17, 15) is 5.11 Å². The number of aliphatic hydroxyl groups is 1. The topological polar surface area (TPSA) is 33.1 Å². The first-order chi connectivity index (χ1) is 5.66. The molecule has 0 saturated carbocycles. The van der Waals surface area contributed by atoms with Crippen LogP contribution in [0.2, 0.25) is 0 Å². The second-order valence-corrected chi connectivity index (χ2v) is 4.02. The van der Waals surface area contributed by atoms with Crippen molar-refractivity contribution in [3.05, 3.63) is 16.1 Å². The van der Waals surface area contributed by atoms with Crippen molar-refractivity contribution in [1.29, 1.82) is 0 Å². The molecule has 2 atom stereocenters. The molecule has 1 heterocycles. The van der Waals surface area contributed by atoms with Gasteiger partial charge in [0.25, 0.3) is 0 Å². The van der Waals surface area contributed by atoms with Crippen molar-refractivity contribution in [2.45, 2.75) is 33.3 Å². The summed E-state index contributed by atoms with van der Waals surface area (Å²) < 4.78 is 0. The van der Waals surface area contributed by atoms with Gasteiger partial charge < -0.3 is 5.11 Å². The van der Waals surface area contributed by atoms with Gasteiger partial charge in [-0.05, 0) is 12.8 Å². The van der Waals surface area contributed by atoms with Gasteiger partial charge in [-0.1, -0.05) is 20.3 Å². The quantitative estimate of drug-likeness (QED) is 0.785. The predicted molar refractivity (Wildman–Crippen MR) is 51.3 cm³/mol. The fourth-order valence-corrected chi connectivity index (χ4v) is 2.00. The molecule has 12 heavy (non-hydrogen) atoms. The Bertz CT molecular complexity index is 246. The minimum Gasteiger partial charge on any atom is -0.387 e. The first-order valence-electron chi connectivity index (χ1n) is 4.24. The van der Waals surface area contributed by atoms with Gasteiger partial charge in [0.1, 0.15) is 0 Å². The average molecular weight is 185 g/mol. The monoisotopic (exact) mass is 185 g/mol. The zero-order chi connectivity index (χ0) is 9.14. The number of hydrogen-bond donors (Lipinski definition) is 1. The van der Waals surface area contributed by atoms with Gasteiger partial charge in [0.05, 0.1) is 22.2 Å². The Morgan fingerprint density at radius 3 is 2.75 bits per heavy atom. The Hall–Kier alpha value is -0.410. The maximum atomic E-state index is 9.83. The van der Waals surface area contributed by atoms with Crippen LogP contribution in [0, 0.1) is 12.8 Å². The first kappa shape index (κ1) is 9.68. The highest BCUT2D eigenvalue weighted by atomic mass is 32.1. The molecule has 0 aliphatic rings. The lowest BCUT2D eigenvalue weighted by atomic mass is 10.0. The zero-order valence-electron chi connectivity index (χ0n) is 7.74. The van der Waals surface area contributed by atoms with Crippen LogP contribution in [0.5, 0.6) is 0 Å². The average Bonchev–Trinajstić information content (AvgIpc) is 2.48. The summed E-state index contributed by atoms with van der Waals surface area (Å²) in [5, 5.41) is 9.83. The summed E-state index contributed by atoms with van der Waals surface area (Å²) in [5.74, 6) is 0.323. The Morgan fingerprint density at radius 1 is 1.67 bits per heavy atom. The van der Waals surface area contributed by atoms with Gasteiger partial charge in [-0.3, -0.25) is 0 Å². The Kier molecular flexibility index (Phi) is 3.23. The summed E-state index contributed by atoms with van der Waals surface area (Å²) in [7, 11) is 0. The van der Waals surface area contributed by atoms with Gasteiger partial charge in [0.15, 0.2) is 0 Å². The van der Waals surface area contributed by atoms with Gasteiger partial charge in [-0.15, -0.1) is 11.3 Å². The van der Waals surface area contributed by atoms with E-state index in [1.807, 2.05) is 6.92 Å². The summed E-state index contributed by atoms with van der Waals surface area (Å²) in [6, 6.07) is 0. The second-order valence-electron chi connectivity index (χ2n) is 3.13. The third-order valence-corrected chi connectivity index (χ3v) is 3.24. The molecule has 0 aromatic carbocycles. The van der Waals surface area contributed by atoms with Crippen molar-refractivity contribution in [2.75, 3.05) is 0 Å². The molecule has 1 aromatic rings. The standard InChI is InChI=1S/C9H15NOS/c1-4-6(2)8(11)9-7(3)10-5-12-9/h5-6,8,11H,4H2,1-3H3. The third kappa shape index (κ3) is 1.84. The molecule has 1 N–H and O–H groups in total. The number of aryl methyl sites for hydroxylation is 1. The smallest absolute Gasteiger partial charge is 0.0926 e. The SMILES string of the molecule is CCC(C)C(O)c1scnc1C. The molecule has 68 valence electrons. The van der Waals surface area contributed by atoms with Crippen molar-refractivity contribution in [1.82, 2.24) is 4.98 Å². The van der Waals surface area contributed by atoms with Gasteiger partial charge in [-0.25, -0.2) is 4.98 Å². The largest absolute Gasteiger partial charge is 0.387 e. The summed E-state index contributed by atoms with van der Waals surface area (Å²) in [6.45, 7) is 6.09. The van der Waals surface area contributed by atoms with E-state index in [1.165, 1.54) is 0 Å². The van der Waals surface area contributed by atoms with Crippen molar-refractivity contribution < 1.29 is 5.11 Å². The van der Waals surface area contributed by atoms with Crippen LogP contribution in [0.4, 0.5) is 0 Å². The van der Waals surface area contributed by atoms with E-state index >= 15 is 0 Å². The van der Waals surface area contributed by atoms with Gasteiger partial charge >= 0.3 is 0 Å². The molecule has 0 radical (unpaired) electrons. The van der Waals surface area contributed by atoms with Crippen LogP contribution in [0.3, 0.4) is 0 Å². The van der Waals surface area contributed by atoms with Crippen LogP contribution < -0.4 is 0 Å². The zero-order valence-corrected chi connectivity index (χ0v) is 8.56. The lowest BCUT2D eigenvalue weighted by molar-refractivity contribution is 0.118. The minimum atomic E-state index is -0.331. The summed E-state index contributed by atoms with van der Waals surface area (Å²) >= 11 is 1.54. The molecule has 2 nitrogen and oxygen atoms in total. The maximum absolute atomic E-state index is 9.83. The van der Waals surface area contributed by atoms with E-state index in [0.717, 1.165) is 17.0 Å². The summed E-state index contributed by atoms with van der Waals surface area (Å²) in [5.41, 5.74) is 2.75. The molecule has 0 fully saturated rings. The highest BCUT2D eigenvalue weighted by molar-refractivity contribution is 7.09. The van der Waals surface area contributed by atoms with Crippen LogP contribution in [0.25, 0.3) is 0 Å². The molecular weight excluding hydrogens is 170 g/mol. The van der Waals surface area contributed by atoms with Gasteiger partial charge in [0, 0.05) is 0 Å². The van der Waals surface area contributed by atoms with Crippen molar-refractivity contribution in [3.63, 3.8) is 0 Å². The van der Waals surface area contributed by atoms with Crippen LogP contribution in [-0.4, -0.2) is 10.1 Å². The molecule has 0 saturated heterocycles. The van der Waals surface area contributed by atoms with Gasteiger partial charge in [-0.2, -0.15) is 0 Å². The highest BCUT2D eigenvalue weighted by Gasteiger charge is 2.18. The predicted octanol–water partition coefficient (Wildman–Crippen LogP) is 2.53. The highest BCUT2D eigenvalue weighted by Crippen LogP contribution is 2.28. The molecular formula is C9H15NOS. The Balaban J connectivity index is 2.77. The third-order valence-electron chi connectivity index (χ3n) is 2.23. The summed E-state index contributed by atoms with van der Waals surface area (Å²) in [6.07, 6.45) is 0.667. The first-order valence-corrected chi connectivity index (χ1v) is 5.12. The minimum absolute atomic E-state index is 0.323. The normalized spacial score (nSPS) is 16.0. The fourth-order valence-electron chi connectivity index (χ4n) is 1.08. The number of nitrogens with zero attached hydrogens (tertiary/aromatic N) is 1. The lowest BCUT2D eigenvalue weighted by Gasteiger charge is -2.15. The fraction of sp³-hybridized carbons (Fsp3) is 0.667. The molecule has 2 unspecified atom stereocenters. The molecule has 1 rings (SSSR count). The number of thiazole rings is 1. The second kappa shape index (κ2) is 4.01. The number of aromatic nitrogens is 1. The molecule has 3 heteroatoms. The number of rotatable bonds is 3. The van der Waals surface area contributed by atoms with E-state index in [2.05, 4.69) is 18.8 Å². The molecule has 0 aliphatic heterocycles. The number of aliphatic hydroxyl groups excluding tert-OH is 1. The number of hydrogen-bond acceptors (Lipinski definition) is 3. The van der Waals surface area contributed by atoms with E-state index in [0.29, 0.717) is 5.92 Å². The summed E-state index contributed by atoms with van der Waals surface area (Å²) in [4.78, 5) is 5.13. The molecule has 0 bridgehead atoms. The van der Waals surface area contributed by atoms with E-state index in [1.54, 1.807) is 16.8 Å². The maximum Gasteiger partial charge on any atom is 0.0926 e. The lowest BCUT2D eigenvalue weighted by Crippen LogP contribution is -2.07. The molecule has 0 aliphatic carbocycles. The molecule has 0 spiro atoms. The van der Waals surface area contributed by atoms with Crippen LogP contribution in [-0.2, 0) is 0 Å². The molecule has 0 amide bonds. The van der Waals surface area contributed by atoms with Crippen LogP contribution >= 0.6 is 11.3 Å². The van der Waals surface area contributed by atoms with Crippen molar-refractivity contribution in [2.24, 2.45) is 5.92 Å². The van der Waals surface area contributed by atoms with E-state index in [-0.39, 0.29) is 6.10 Å². The van der Waals surface area contributed by atoms with E-state index < -0.39 is 0 Å². The Labute approximate surface area is 77.3 Å². The Morgan fingerprint density at radius 2 is 2.33 bits per heavy atom.